The van der Waals surface area contributed by atoms with Crippen molar-refractivity contribution in [2.75, 3.05) is 11.1 Å². The molecule has 0 bridgehead atoms. The topological polar surface area (TPSA) is 84.1 Å². The molecule has 0 radical (unpaired) electrons. The summed E-state index contributed by atoms with van der Waals surface area (Å²) in [4.78, 5) is 10.9. The highest BCUT2D eigenvalue weighted by Crippen LogP contribution is 2.46. The number of rotatable bonds is 4. The number of benzene rings is 1. The molecule has 2 fully saturated rings. The monoisotopic (exact) mass is 289 g/mol. The highest BCUT2D eigenvalue weighted by atomic mass is 32.2. The fourth-order valence-corrected chi connectivity index (χ4v) is 3.49. The van der Waals surface area contributed by atoms with Crippen molar-refractivity contribution in [3.63, 3.8) is 0 Å². The Morgan fingerprint density at radius 1 is 1.65 bits per heavy atom. The molecular formula is C14H15N3O2S. The van der Waals surface area contributed by atoms with E-state index in [-0.39, 0.29) is 17.0 Å². The van der Waals surface area contributed by atoms with Crippen LogP contribution < -0.4 is 15.4 Å². The summed E-state index contributed by atoms with van der Waals surface area (Å²) in [5.41, 5.74) is 1.36. The van der Waals surface area contributed by atoms with Crippen molar-refractivity contribution in [3.05, 3.63) is 36.9 Å². The van der Waals surface area contributed by atoms with E-state index < -0.39 is 0 Å². The second kappa shape index (κ2) is 4.96. The molecule has 3 rings (SSSR count). The van der Waals surface area contributed by atoms with Crippen LogP contribution in [0.1, 0.15) is 6.42 Å². The quantitative estimate of drug-likeness (QED) is 0.584. The molecule has 2 aliphatic rings. The largest absolute Gasteiger partial charge is 0.472 e. The number of carbonyl (C=O) groups is 1. The summed E-state index contributed by atoms with van der Waals surface area (Å²) in [6.07, 6.45) is 1.88. The standard InChI is InChI=1S/C14H15N3O2S/c1-2-12(18)16-9-4-3-5-10(8-9)19-13-14(17-13)11(15)6-7-20-14/h2-5,8,13,15,17H,1,6-7H2,(H,16,18). The van der Waals surface area contributed by atoms with Crippen molar-refractivity contribution in [2.45, 2.75) is 17.5 Å². The molecule has 1 amide bonds. The number of amides is 1. The number of ether oxygens (including phenoxy) is 1. The van der Waals surface area contributed by atoms with Crippen LogP contribution in [0, 0.1) is 5.41 Å². The predicted molar refractivity (Wildman–Crippen MR) is 80.4 cm³/mol. The molecule has 6 heteroatoms. The van der Waals surface area contributed by atoms with Gasteiger partial charge in [-0.05, 0) is 24.6 Å². The highest BCUT2D eigenvalue weighted by molar-refractivity contribution is 8.02. The Bertz CT molecular complexity index is 590. The van der Waals surface area contributed by atoms with Gasteiger partial charge in [0.25, 0.3) is 0 Å². The lowest BCUT2D eigenvalue weighted by atomic mass is 10.2. The summed E-state index contributed by atoms with van der Waals surface area (Å²) in [6.45, 7) is 3.41. The molecule has 1 aromatic rings. The number of hydrogen-bond donors (Lipinski definition) is 3. The van der Waals surface area contributed by atoms with Gasteiger partial charge in [0.05, 0.1) is 0 Å². The first-order valence-corrected chi connectivity index (χ1v) is 7.32. The Morgan fingerprint density at radius 2 is 2.50 bits per heavy atom. The van der Waals surface area contributed by atoms with E-state index in [4.69, 9.17) is 10.1 Å². The lowest BCUT2D eigenvalue weighted by Gasteiger charge is -2.09. The number of thioether (sulfide) groups is 1. The van der Waals surface area contributed by atoms with Gasteiger partial charge >= 0.3 is 0 Å². The molecule has 20 heavy (non-hydrogen) atoms. The summed E-state index contributed by atoms with van der Waals surface area (Å²) in [6, 6.07) is 7.20. The van der Waals surface area contributed by atoms with E-state index in [1.165, 1.54) is 6.08 Å². The van der Waals surface area contributed by atoms with Crippen LogP contribution in [0.15, 0.2) is 36.9 Å². The van der Waals surface area contributed by atoms with E-state index in [2.05, 4.69) is 17.2 Å². The summed E-state index contributed by atoms with van der Waals surface area (Å²) in [5.74, 6) is 1.37. The lowest BCUT2D eigenvalue weighted by molar-refractivity contribution is -0.111. The van der Waals surface area contributed by atoms with Gasteiger partial charge in [-0.2, -0.15) is 0 Å². The van der Waals surface area contributed by atoms with Gasteiger partial charge in [0, 0.05) is 23.2 Å². The van der Waals surface area contributed by atoms with Crippen LogP contribution in [-0.4, -0.2) is 28.5 Å². The van der Waals surface area contributed by atoms with Gasteiger partial charge < -0.3 is 15.5 Å². The summed E-state index contributed by atoms with van der Waals surface area (Å²) >= 11 is 1.72. The first kappa shape index (κ1) is 13.2. The first-order valence-electron chi connectivity index (χ1n) is 6.34. The minimum absolute atomic E-state index is 0.159. The molecule has 0 saturated carbocycles. The molecule has 5 nitrogen and oxygen atoms in total. The molecule has 2 atom stereocenters. The van der Waals surface area contributed by atoms with Crippen LogP contribution in [0.2, 0.25) is 0 Å². The molecule has 2 aliphatic heterocycles. The van der Waals surface area contributed by atoms with Gasteiger partial charge in [-0.1, -0.05) is 12.6 Å². The van der Waals surface area contributed by atoms with Crippen molar-refractivity contribution < 1.29 is 9.53 Å². The second-order valence-corrected chi connectivity index (χ2v) is 6.02. The second-order valence-electron chi connectivity index (χ2n) is 4.68. The van der Waals surface area contributed by atoms with E-state index in [1.54, 1.807) is 23.9 Å². The SMILES string of the molecule is C=CC(=O)Nc1cccc(OC2NC23SCCC3=N)c1. The Balaban J connectivity index is 1.67. The van der Waals surface area contributed by atoms with Crippen LogP contribution in [0.3, 0.4) is 0 Å². The Hall–Kier alpha value is -1.79. The Kier molecular flexibility index (Phi) is 3.27. The van der Waals surface area contributed by atoms with Gasteiger partial charge in [-0.25, -0.2) is 0 Å². The van der Waals surface area contributed by atoms with Crippen molar-refractivity contribution in [2.24, 2.45) is 0 Å². The van der Waals surface area contributed by atoms with E-state index in [1.807, 2.05) is 12.1 Å². The third kappa shape index (κ3) is 2.32. The maximum atomic E-state index is 11.3. The molecule has 2 unspecified atom stereocenters. The molecule has 104 valence electrons. The minimum Gasteiger partial charge on any atom is -0.472 e. The minimum atomic E-state index is -0.319. The molecule has 1 spiro atoms. The zero-order valence-corrected chi connectivity index (χ0v) is 11.6. The van der Waals surface area contributed by atoms with Gasteiger partial charge in [0.15, 0.2) is 11.1 Å². The van der Waals surface area contributed by atoms with Gasteiger partial charge in [0.1, 0.15) is 5.75 Å². The normalized spacial score (nSPS) is 27.4. The first-order chi connectivity index (χ1) is 9.64. The molecule has 3 N–H and O–H groups in total. The van der Waals surface area contributed by atoms with Crippen LogP contribution >= 0.6 is 11.8 Å². The maximum absolute atomic E-state index is 11.3. The average molecular weight is 289 g/mol. The summed E-state index contributed by atoms with van der Waals surface area (Å²) in [7, 11) is 0. The Morgan fingerprint density at radius 3 is 3.20 bits per heavy atom. The van der Waals surface area contributed by atoms with Crippen molar-refractivity contribution in [1.82, 2.24) is 5.32 Å². The maximum Gasteiger partial charge on any atom is 0.247 e. The van der Waals surface area contributed by atoms with Crippen LogP contribution in [0.5, 0.6) is 5.75 Å². The van der Waals surface area contributed by atoms with Crippen molar-refractivity contribution >= 4 is 29.1 Å². The Labute approximate surface area is 121 Å². The smallest absolute Gasteiger partial charge is 0.247 e. The molecule has 2 saturated heterocycles. The molecule has 0 aliphatic carbocycles. The third-order valence-electron chi connectivity index (χ3n) is 3.30. The van der Waals surface area contributed by atoms with Crippen LogP contribution in [0.4, 0.5) is 5.69 Å². The average Bonchev–Trinajstić information content (AvgIpc) is 3.00. The lowest BCUT2D eigenvalue weighted by Crippen LogP contribution is -2.20. The van der Waals surface area contributed by atoms with Gasteiger partial charge in [-0.3, -0.25) is 10.1 Å². The summed E-state index contributed by atoms with van der Waals surface area (Å²) in [5, 5.41) is 13.9. The highest BCUT2D eigenvalue weighted by Gasteiger charge is 2.62. The fraction of sp³-hybridized carbons (Fsp3) is 0.286. The van der Waals surface area contributed by atoms with E-state index in [0.717, 1.165) is 12.2 Å². The fourth-order valence-electron chi connectivity index (χ4n) is 2.19. The zero-order chi connectivity index (χ0) is 14.2. The van der Waals surface area contributed by atoms with Gasteiger partial charge in [-0.15, -0.1) is 11.8 Å². The molecule has 2 heterocycles. The zero-order valence-electron chi connectivity index (χ0n) is 10.8. The van der Waals surface area contributed by atoms with Crippen LogP contribution in [-0.2, 0) is 4.79 Å². The van der Waals surface area contributed by atoms with E-state index in [9.17, 15) is 4.79 Å². The van der Waals surface area contributed by atoms with Gasteiger partial charge in [0.2, 0.25) is 5.91 Å². The number of carbonyl (C=O) groups excluding carboxylic acids is 1. The molecular weight excluding hydrogens is 274 g/mol. The number of anilines is 1. The third-order valence-corrected chi connectivity index (χ3v) is 4.74. The summed E-state index contributed by atoms with van der Waals surface area (Å²) < 4.78 is 5.84. The molecule has 1 aromatic carbocycles. The number of nitrogens with one attached hydrogen (secondary N) is 3. The van der Waals surface area contributed by atoms with Crippen molar-refractivity contribution in [3.8, 4) is 5.75 Å². The molecule has 0 aromatic heterocycles. The van der Waals surface area contributed by atoms with Crippen molar-refractivity contribution in [1.29, 1.82) is 5.41 Å². The van der Waals surface area contributed by atoms with E-state index >= 15 is 0 Å². The van der Waals surface area contributed by atoms with Crippen LogP contribution in [0.25, 0.3) is 0 Å². The number of hydrogen-bond acceptors (Lipinski definition) is 5. The van der Waals surface area contributed by atoms with E-state index in [0.29, 0.717) is 17.1 Å². The predicted octanol–water partition coefficient (Wildman–Crippen LogP) is 1.97.